The van der Waals surface area contributed by atoms with Gasteiger partial charge in [0.1, 0.15) is 0 Å². The van der Waals surface area contributed by atoms with Gasteiger partial charge in [0.2, 0.25) is 5.91 Å². The Kier molecular flexibility index (Phi) is 3.16. The van der Waals surface area contributed by atoms with Crippen molar-refractivity contribution < 1.29 is 9.59 Å². The number of likely N-dealkylation sites (tertiary alicyclic amines) is 1. The van der Waals surface area contributed by atoms with Crippen molar-refractivity contribution in [3.63, 3.8) is 0 Å². The lowest BCUT2D eigenvalue weighted by Gasteiger charge is -2.18. The maximum absolute atomic E-state index is 11.5. The summed E-state index contributed by atoms with van der Waals surface area (Å²) in [6.45, 7) is 1.73. The summed E-state index contributed by atoms with van der Waals surface area (Å²) in [6, 6.07) is 0. The Labute approximate surface area is 110 Å². The molecule has 0 spiro atoms. The number of carbonyl (C=O) groups is 2. The fourth-order valence-electron chi connectivity index (χ4n) is 2.53. The van der Waals surface area contributed by atoms with Gasteiger partial charge in [-0.3, -0.25) is 9.59 Å². The number of thioether (sulfide) groups is 1. The van der Waals surface area contributed by atoms with E-state index < -0.39 is 0 Å². The number of amides is 1. The molecule has 0 radical (unpaired) electrons. The average molecular weight is 264 g/mol. The van der Waals surface area contributed by atoms with Crippen LogP contribution >= 0.6 is 11.8 Å². The topological polar surface area (TPSA) is 49.4 Å². The van der Waals surface area contributed by atoms with Gasteiger partial charge in [0, 0.05) is 36.5 Å². The SMILES string of the molecule is O=C1C=CC2=C(C1)SC(CCN1CCCC1=O)N2. The van der Waals surface area contributed by atoms with Crippen LogP contribution in [0, 0.1) is 0 Å². The fraction of sp³-hybridized carbons (Fsp3) is 0.538. The Balaban J connectivity index is 1.51. The van der Waals surface area contributed by atoms with Gasteiger partial charge in [-0.1, -0.05) is 0 Å². The molecule has 1 N–H and O–H groups in total. The molecule has 0 aromatic rings. The highest BCUT2D eigenvalue weighted by molar-refractivity contribution is 8.03. The molecule has 1 amide bonds. The predicted molar refractivity (Wildman–Crippen MR) is 70.7 cm³/mol. The maximum atomic E-state index is 11.5. The van der Waals surface area contributed by atoms with Crippen LogP contribution < -0.4 is 5.32 Å². The van der Waals surface area contributed by atoms with Gasteiger partial charge in [-0.2, -0.15) is 0 Å². The molecular formula is C13H16N2O2S. The normalized spacial score (nSPS) is 26.9. The van der Waals surface area contributed by atoms with Crippen LogP contribution in [0.3, 0.4) is 0 Å². The van der Waals surface area contributed by atoms with Crippen LogP contribution in [0.2, 0.25) is 0 Å². The highest BCUT2D eigenvalue weighted by Crippen LogP contribution is 2.37. The number of carbonyl (C=O) groups excluding carboxylic acids is 2. The molecule has 0 saturated carbocycles. The molecule has 2 heterocycles. The van der Waals surface area contributed by atoms with Crippen molar-refractivity contribution in [1.29, 1.82) is 0 Å². The fourth-order valence-corrected chi connectivity index (χ4v) is 3.77. The quantitative estimate of drug-likeness (QED) is 0.837. The Hall–Kier alpha value is -1.23. The molecule has 1 saturated heterocycles. The van der Waals surface area contributed by atoms with Crippen molar-refractivity contribution in [3.05, 3.63) is 22.8 Å². The van der Waals surface area contributed by atoms with Gasteiger partial charge in [-0.05, 0) is 25.0 Å². The van der Waals surface area contributed by atoms with Crippen molar-refractivity contribution >= 4 is 23.5 Å². The van der Waals surface area contributed by atoms with Crippen molar-refractivity contribution in [2.45, 2.75) is 31.1 Å². The van der Waals surface area contributed by atoms with Gasteiger partial charge >= 0.3 is 0 Å². The molecule has 1 unspecified atom stereocenters. The van der Waals surface area contributed by atoms with Crippen LogP contribution in [-0.2, 0) is 9.59 Å². The van der Waals surface area contributed by atoms with E-state index in [-0.39, 0.29) is 11.7 Å². The summed E-state index contributed by atoms with van der Waals surface area (Å²) >= 11 is 1.74. The summed E-state index contributed by atoms with van der Waals surface area (Å²) in [4.78, 5) is 25.9. The first-order valence-electron chi connectivity index (χ1n) is 6.37. The van der Waals surface area contributed by atoms with E-state index in [1.54, 1.807) is 17.8 Å². The van der Waals surface area contributed by atoms with Gasteiger partial charge in [-0.25, -0.2) is 0 Å². The van der Waals surface area contributed by atoms with Gasteiger partial charge in [0.05, 0.1) is 5.37 Å². The summed E-state index contributed by atoms with van der Waals surface area (Å²) in [7, 11) is 0. The number of rotatable bonds is 3. The first-order chi connectivity index (χ1) is 8.72. The van der Waals surface area contributed by atoms with E-state index in [0.717, 1.165) is 36.5 Å². The lowest BCUT2D eigenvalue weighted by atomic mass is 10.1. The summed E-state index contributed by atoms with van der Waals surface area (Å²) in [5.74, 6) is 0.462. The van der Waals surface area contributed by atoms with Crippen LogP contribution in [0.25, 0.3) is 0 Å². The van der Waals surface area contributed by atoms with Gasteiger partial charge in [-0.15, -0.1) is 11.8 Å². The smallest absolute Gasteiger partial charge is 0.222 e. The number of nitrogens with zero attached hydrogens (tertiary/aromatic N) is 1. The third-order valence-corrected chi connectivity index (χ3v) is 4.79. The van der Waals surface area contributed by atoms with Gasteiger partial charge in [0.15, 0.2) is 5.78 Å². The van der Waals surface area contributed by atoms with Crippen molar-refractivity contribution in [2.75, 3.05) is 13.1 Å². The van der Waals surface area contributed by atoms with Crippen molar-refractivity contribution in [1.82, 2.24) is 10.2 Å². The molecule has 18 heavy (non-hydrogen) atoms. The van der Waals surface area contributed by atoms with E-state index in [9.17, 15) is 9.59 Å². The van der Waals surface area contributed by atoms with Crippen LogP contribution in [0.4, 0.5) is 0 Å². The first-order valence-corrected chi connectivity index (χ1v) is 7.25. The van der Waals surface area contributed by atoms with E-state index >= 15 is 0 Å². The number of nitrogens with one attached hydrogen (secondary N) is 1. The van der Waals surface area contributed by atoms with E-state index in [1.807, 2.05) is 11.0 Å². The van der Waals surface area contributed by atoms with Gasteiger partial charge in [0.25, 0.3) is 0 Å². The van der Waals surface area contributed by atoms with Crippen LogP contribution in [-0.4, -0.2) is 35.1 Å². The Morgan fingerprint density at radius 1 is 1.39 bits per heavy atom. The molecule has 96 valence electrons. The Morgan fingerprint density at radius 3 is 3.06 bits per heavy atom. The molecule has 0 bridgehead atoms. The highest BCUT2D eigenvalue weighted by Gasteiger charge is 2.28. The van der Waals surface area contributed by atoms with E-state index in [1.165, 1.54) is 0 Å². The molecule has 5 heteroatoms. The number of hydrogen-bond donors (Lipinski definition) is 1. The molecule has 3 aliphatic rings. The summed E-state index contributed by atoms with van der Waals surface area (Å²) in [5, 5.41) is 3.72. The number of ketones is 1. The third-order valence-electron chi connectivity index (χ3n) is 3.50. The molecule has 0 aromatic carbocycles. The molecule has 1 aliphatic carbocycles. The molecule has 1 fully saturated rings. The molecule has 0 aromatic heterocycles. The number of allylic oxidation sites excluding steroid dienone is 3. The second kappa shape index (κ2) is 4.80. The van der Waals surface area contributed by atoms with E-state index in [2.05, 4.69) is 5.32 Å². The molecule has 2 aliphatic heterocycles. The zero-order chi connectivity index (χ0) is 12.5. The third kappa shape index (κ3) is 2.32. The molecular weight excluding hydrogens is 248 g/mol. The average Bonchev–Trinajstić information content (AvgIpc) is 2.92. The standard InChI is InChI=1S/C13H16N2O2S/c16-9-3-4-10-11(8-9)18-12(14-10)5-7-15-6-1-2-13(15)17/h3-4,12,14H,1-2,5-8H2. The van der Waals surface area contributed by atoms with Crippen LogP contribution in [0.15, 0.2) is 22.8 Å². The minimum atomic E-state index is 0.179. The first kappa shape index (κ1) is 11.8. The lowest BCUT2D eigenvalue weighted by molar-refractivity contribution is -0.127. The van der Waals surface area contributed by atoms with Crippen molar-refractivity contribution in [3.8, 4) is 0 Å². The monoisotopic (exact) mass is 264 g/mol. The second-order valence-electron chi connectivity index (χ2n) is 4.84. The molecule has 3 rings (SSSR count). The zero-order valence-corrected chi connectivity index (χ0v) is 11.0. The summed E-state index contributed by atoms with van der Waals surface area (Å²) < 4.78 is 0. The Morgan fingerprint density at radius 2 is 2.28 bits per heavy atom. The predicted octanol–water partition coefficient (Wildman–Crippen LogP) is 1.40. The van der Waals surface area contributed by atoms with E-state index in [4.69, 9.17) is 0 Å². The molecule has 4 nitrogen and oxygen atoms in total. The highest BCUT2D eigenvalue weighted by atomic mass is 32.2. The lowest BCUT2D eigenvalue weighted by Crippen LogP contribution is -2.30. The largest absolute Gasteiger partial charge is 0.372 e. The minimum Gasteiger partial charge on any atom is -0.372 e. The van der Waals surface area contributed by atoms with Crippen LogP contribution in [0.5, 0.6) is 0 Å². The minimum absolute atomic E-state index is 0.179. The second-order valence-corrected chi connectivity index (χ2v) is 6.13. The summed E-state index contributed by atoms with van der Waals surface area (Å²) in [6.07, 6.45) is 6.68. The zero-order valence-electron chi connectivity index (χ0n) is 10.1. The molecule has 1 atom stereocenters. The maximum Gasteiger partial charge on any atom is 0.222 e. The number of hydrogen-bond acceptors (Lipinski definition) is 4. The van der Waals surface area contributed by atoms with Crippen molar-refractivity contribution in [2.24, 2.45) is 0 Å². The van der Waals surface area contributed by atoms with Gasteiger partial charge < -0.3 is 10.2 Å². The summed E-state index contributed by atoms with van der Waals surface area (Å²) in [5.41, 5.74) is 1.09. The van der Waals surface area contributed by atoms with Crippen LogP contribution in [0.1, 0.15) is 25.7 Å². The Bertz CT molecular complexity index is 456. The van der Waals surface area contributed by atoms with E-state index in [0.29, 0.717) is 18.2 Å².